The molecular formula is C16H16N2O3S2. The van der Waals surface area contributed by atoms with Gasteiger partial charge < -0.3 is 4.52 Å². The summed E-state index contributed by atoms with van der Waals surface area (Å²) in [5, 5.41) is 5.58. The SMILES string of the molecule is Cc1ccc(N(C)S(=O)(=O)c2cc(-c3cc(C)no3)cs2)cc1. The lowest BCUT2D eigenvalue weighted by Gasteiger charge is -2.18. The summed E-state index contributed by atoms with van der Waals surface area (Å²) in [5.41, 5.74) is 3.18. The van der Waals surface area contributed by atoms with Crippen LogP contribution in [0, 0.1) is 13.8 Å². The molecule has 0 bridgehead atoms. The standard InChI is InChI=1S/C16H16N2O3S2/c1-11-4-6-14(7-5-11)18(3)23(19,20)16-9-13(10-22-16)15-8-12(2)17-21-15/h4-10H,1-3H3. The zero-order valence-electron chi connectivity index (χ0n) is 13.0. The monoisotopic (exact) mass is 348 g/mol. The largest absolute Gasteiger partial charge is 0.356 e. The molecular weight excluding hydrogens is 332 g/mol. The molecule has 23 heavy (non-hydrogen) atoms. The van der Waals surface area contributed by atoms with Gasteiger partial charge in [-0.25, -0.2) is 8.42 Å². The Bertz CT molecular complexity index is 924. The van der Waals surface area contributed by atoms with Crippen LogP contribution in [-0.4, -0.2) is 20.6 Å². The molecule has 0 fully saturated rings. The predicted molar refractivity (Wildman–Crippen MR) is 91.3 cm³/mol. The van der Waals surface area contributed by atoms with E-state index in [1.54, 1.807) is 36.7 Å². The van der Waals surface area contributed by atoms with Crippen molar-refractivity contribution in [1.82, 2.24) is 5.16 Å². The van der Waals surface area contributed by atoms with Crippen molar-refractivity contribution in [3.8, 4) is 11.3 Å². The maximum absolute atomic E-state index is 12.8. The third-order valence-electron chi connectivity index (χ3n) is 3.50. The second-order valence-corrected chi connectivity index (χ2v) is 8.40. The predicted octanol–water partition coefficient (Wildman–Crippen LogP) is 3.85. The Morgan fingerprint density at radius 1 is 1.13 bits per heavy atom. The van der Waals surface area contributed by atoms with Crippen molar-refractivity contribution in [2.75, 3.05) is 11.4 Å². The maximum Gasteiger partial charge on any atom is 0.273 e. The number of aryl methyl sites for hydroxylation is 2. The Labute approximate surface area is 139 Å². The number of benzene rings is 1. The minimum absolute atomic E-state index is 0.268. The van der Waals surface area contributed by atoms with E-state index in [1.165, 1.54) is 15.6 Å². The summed E-state index contributed by atoms with van der Waals surface area (Å²) in [5.74, 6) is 0.568. The summed E-state index contributed by atoms with van der Waals surface area (Å²) in [6.45, 7) is 3.78. The molecule has 0 saturated heterocycles. The third kappa shape index (κ3) is 3.02. The van der Waals surface area contributed by atoms with Gasteiger partial charge in [-0.3, -0.25) is 4.31 Å². The van der Waals surface area contributed by atoms with Crippen molar-refractivity contribution in [2.45, 2.75) is 18.1 Å². The van der Waals surface area contributed by atoms with Crippen LogP contribution in [-0.2, 0) is 10.0 Å². The molecule has 3 rings (SSSR count). The first-order valence-corrected chi connectivity index (χ1v) is 9.28. The summed E-state index contributed by atoms with van der Waals surface area (Å²) in [6.07, 6.45) is 0. The molecule has 0 N–H and O–H groups in total. The Balaban J connectivity index is 1.93. The average molecular weight is 348 g/mol. The smallest absolute Gasteiger partial charge is 0.273 e. The van der Waals surface area contributed by atoms with E-state index in [0.29, 0.717) is 17.0 Å². The van der Waals surface area contributed by atoms with Crippen LogP contribution in [0.1, 0.15) is 11.3 Å². The quantitative estimate of drug-likeness (QED) is 0.718. The number of hydrogen-bond donors (Lipinski definition) is 0. The molecule has 2 heterocycles. The Morgan fingerprint density at radius 2 is 1.83 bits per heavy atom. The van der Waals surface area contributed by atoms with E-state index in [2.05, 4.69) is 5.16 Å². The van der Waals surface area contributed by atoms with Crippen LogP contribution in [0.5, 0.6) is 0 Å². The number of sulfonamides is 1. The van der Waals surface area contributed by atoms with E-state index in [1.807, 2.05) is 26.0 Å². The Hall–Kier alpha value is -2.12. The van der Waals surface area contributed by atoms with Crippen LogP contribution in [0.3, 0.4) is 0 Å². The summed E-state index contributed by atoms with van der Waals surface area (Å²) in [7, 11) is -2.04. The lowest BCUT2D eigenvalue weighted by atomic mass is 10.2. The molecule has 0 aliphatic carbocycles. The van der Waals surface area contributed by atoms with Gasteiger partial charge in [0.05, 0.1) is 11.4 Å². The molecule has 0 atom stereocenters. The fourth-order valence-corrected chi connectivity index (χ4v) is 4.64. The molecule has 5 nitrogen and oxygen atoms in total. The first-order chi connectivity index (χ1) is 10.9. The lowest BCUT2D eigenvalue weighted by Crippen LogP contribution is -2.25. The summed E-state index contributed by atoms with van der Waals surface area (Å²) >= 11 is 1.17. The third-order valence-corrected chi connectivity index (χ3v) is 6.70. The lowest BCUT2D eigenvalue weighted by molar-refractivity contribution is 0.427. The van der Waals surface area contributed by atoms with Gasteiger partial charge in [-0.15, -0.1) is 11.3 Å². The number of thiophene rings is 1. The second-order valence-electron chi connectivity index (χ2n) is 5.30. The maximum atomic E-state index is 12.8. The minimum atomic E-state index is -3.60. The molecule has 3 aromatic rings. The van der Waals surface area contributed by atoms with Gasteiger partial charge in [0.15, 0.2) is 5.76 Å². The van der Waals surface area contributed by atoms with Gasteiger partial charge in [0, 0.05) is 24.1 Å². The first kappa shape index (κ1) is 15.8. The van der Waals surface area contributed by atoms with Gasteiger partial charge in [0.25, 0.3) is 10.0 Å². The van der Waals surface area contributed by atoms with E-state index in [0.717, 1.165) is 11.3 Å². The zero-order chi connectivity index (χ0) is 16.6. The molecule has 0 spiro atoms. The highest BCUT2D eigenvalue weighted by atomic mass is 32.2. The molecule has 0 radical (unpaired) electrons. The number of aromatic nitrogens is 1. The van der Waals surface area contributed by atoms with Gasteiger partial charge in [-0.2, -0.15) is 0 Å². The topological polar surface area (TPSA) is 63.4 Å². The molecule has 0 aliphatic rings. The molecule has 2 aromatic heterocycles. The summed E-state index contributed by atoms with van der Waals surface area (Å²) < 4.78 is 32.3. The Kier molecular flexibility index (Phi) is 3.99. The van der Waals surface area contributed by atoms with E-state index in [-0.39, 0.29) is 4.21 Å². The highest BCUT2D eigenvalue weighted by molar-refractivity contribution is 7.94. The average Bonchev–Trinajstić information content (AvgIpc) is 3.16. The molecule has 120 valence electrons. The van der Waals surface area contributed by atoms with Crippen molar-refractivity contribution < 1.29 is 12.9 Å². The second kappa shape index (κ2) is 5.82. The van der Waals surface area contributed by atoms with Crippen molar-refractivity contribution in [3.63, 3.8) is 0 Å². The van der Waals surface area contributed by atoms with Crippen LogP contribution in [0.2, 0.25) is 0 Å². The van der Waals surface area contributed by atoms with Crippen molar-refractivity contribution >= 4 is 27.0 Å². The van der Waals surface area contributed by atoms with E-state index >= 15 is 0 Å². The van der Waals surface area contributed by atoms with Crippen LogP contribution >= 0.6 is 11.3 Å². The molecule has 0 amide bonds. The molecule has 7 heteroatoms. The molecule has 1 aromatic carbocycles. The number of hydrogen-bond acceptors (Lipinski definition) is 5. The van der Waals surface area contributed by atoms with Gasteiger partial charge in [0.1, 0.15) is 4.21 Å². The normalized spacial score (nSPS) is 11.6. The van der Waals surface area contributed by atoms with Crippen LogP contribution in [0.25, 0.3) is 11.3 Å². The van der Waals surface area contributed by atoms with E-state index in [9.17, 15) is 8.42 Å². The van der Waals surface area contributed by atoms with Gasteiger partial charge >= 0.3 is 0 Å². The van der Waals surface area contributed by atoms with Gasteiger partial charge in [-0.05, 0) is 32.0 Å². The highest BCUT2D eigenvalue weighted by Crippen LogP contribution is 2.32. The van der Waals surface area contributed by atoms with Gasteiger partial charge in [-0.1, -0.05) is 22.9 Å². The molecule has 0 saturated carbocycles. The molecule has 0 aliphatic heterocycles. The van der Waals surface area contributed by atoms with Crippen LogP contribution in [0.15, 0.2) is 50.5 Å². The minimum Gasteiger partial charge on any atom is -0.356 e. The highest BCUT2D eigenvalue weighted by Gasteiger charge is 2.24. The number of nitrogens with zero attached hydrogens (tertiary/aromatic N) is 2. The molecule has 0 unspecified atom stereocenters. The fraction of sp³-hybridized carbons (Fsp3) is 0.188. The van der Waals surface area contributed by atoms with Crippen molar-refractivity contribution in [3.05, 3.63) is 53.0 Å². The van der Waals surface area contributed by atoms with Crippen LogP contribution < -0.4 is 4.31 Å². The van der Waals surface area contributed by atoms with Crippen molar-refractivity contribution in [2.24, 2.45) is 0 Å². The van der Waals surface area contributed by atoms with Crippen molar-refractivity contribution in [1.29, 1.82) is 0 Å². The van der Waals surface area contributed by atoms with E-state index < -0.39 is 10.0 Å². The Morgan fingerprint density at radius 3 is 2.43 bits per heavy atom. The van der Waals surface area contributed by atoms with Crippen LogP contribution in [0.4, 0.5) is 5.69 Å². The number of anilines is 1. The first-order valence-electron chi connectivity index (χ1n) is 6.96. The summed E-state index contributed by atoms with van der Waals surface area (Å²) in [4.78, 5) is 0. The van der Waals surface area contributed by atoms with Gasteiger partial charge in [0.2, 0.25) is 0 Å². The zero-order valence-corrected chi connectivity index (χ0v) is 14.6. The number of rotatable bonds is 4. The fourth-order valence-electron chi connectivity index (χ4n) is 2.11. The van der Waals surface area contributed by atoms with E-state index in [4.69, 9.17) is 4.52 Å². The summed E-state index contributed by atoms with van der Waals surface area (Å²) in [6, 6.07) is 10.8.